The summed E-state index contributed by atoms with van der Waals surface area (Å²) in [5.41, 5.74) is 0.154. The molecule has 1 fully saturated rings. The molecular weight excluding hydrogens is 291 g/mol. The molecular formula is C15H17FN2O4. The normalized spacial score (nSPS) is 17.9. The van der Waals surface area contributed by atoms with E-state index in [0.29, 0.717) is 19.4 Å². The van der Waals surface area contributed by atoms with Crippen LogP contribution in [0.4, 0.5) is 10.1 Å². The highest BCUT2D eigenvalue weighted by Gasteiger charge is 2.28. The molecule has 1 unspecified atom stereocenters. The molecule has 2 N–H and O–H groups in total. The van der Waals surface area contributed by atoms with E-state index in [9.17, 15) is 18.8 Å². The van der Waals surface area contributed by atoms with E-state index in [1.54, 1.807) is 0 Å². The summed E-state index contributed by atoms with van der Waals surface area (Å²) in [4.78, 5) is 35.9. The van der Waals surface area contributed by atoms with Crippen molar-refractivity contribution in [1.29, 1.82) is 0 Å². The zero-order chi connectivity index (χ0) is 16.3. The summed E-state index contributed by atoms with van der Waals surface area (Å²) >= 11 is 0. The number of carboxylic acids is 1. The van der Waals surface area contributed by atoms with Gasteiger partial charge in [0.2, 0.25) is 5.91 Å². The first-order valence-electron chi connectivity index (χ1n) is 6.97. The Kier molecular flexibility index (Phi) is 4.75. The molecule has 1 aliphatic rings. The van der Waals surface area contributed by atoms with Crippen LogP contribution in [0.1, 0.15) is 30.1 Å². The minimum absolute atomic E-state index is 0.0647. The van der Waals surface area contributed by atoms with Crippen LogP contribution in [0.15, 0.2) is 18.2 Å². The topological polar surface area (TPSA) is 86.7 Å². The molecule has 0 spiro atoms. The van der Waals surface area contributed by atoms with Crippen LogP contribution in [0, 0.1) is 11.7 Å². The van der Waals surface area contributed by atoms with Gasteiger partial charge in [-0.1, -0.05) is 0 Å². The highest BCUT2D eigenvalue weighted by molar-refractivity contribution is 5.97. The molecule has 1 saturated heterocycles. The lowest BCUT2D eigenvalue weighted by molar-refractivity contribution is -0.143. The zero-order valence-corrected chi connectivity index (χ0v) is 12.1. The van der Waals surface area contributed by atoms with Crippen molar-refractivity contribution in [2.45, 2.75) is 19.8 Å². The van der Waals surface area contributed by atoms with Gasteiger partial charge < -0.3 is 15.3 Å². The number of carboxylic acid groups (broad SMARTS) is 1. The van der Waals surface area contributed by atoms with Gasteiger partial charge in [-0.25, -0.2) is 4.39 Å². The SMILES string of the molecule is CC(=O)Nc1cc(C(=O)N2CCCC(C(=O)O)C2)ccc1F. The van der Waals surface area contributed by atoms with Crippen LogP contribution < -0.4 is 5.32 Å². The third-order valence-electron chi connectivity index (χ3n) is 3.58. The molecule has 1 aliphatic heterocycles. The van der Waals surface area contributed by atoms with Crippen molar-refractivity contribution >= 4 is 23.5 Å². The minimum atomic E-state index is -0.921. The van der Waals surface area contributed by atoms with Gasteiger partial charge >= 0.3 is 5.97 Å². The number of piperidine rings is 1. The van der Waals surface area contributed by atoms with E-state index in [0.717, 1.165) is 6.07 Å². The number of nitrogens with one attached hydrogen (secondary N) is 1. The van der Waals surface area contributed by atoms with Gasteiger partial charge in [-0.2, -0.15) is 0 Å². The Balaban J connectivity index is 2.18. The highest BCUT2D eigenvalue weighted by Crippen LogP contribution is 2.21. The minimum Gasteiger partial charge on any atom is -0.481 e. The van der Waals surface area contributed by atoms with E-state index in [1.807, 2.05) is 0 Å². The van der Waals surface area contributed by atoms with E-state index >= 15 is 0 Å². The van der Waals surface area contributed by atoms with Gasteiger partial charge in [0.25, 0.3) is 5.91 Å². The molecule has 6 nitrogen and oxygen atoms in total. The van der Waals surface area contributed by atoms with Crippen LogP contribution >= 0.6 is 0 Å². The van der Waals surface area contributed by atoms with Crippen LogP contribution in [-0.2, 0) is 9.59 Å². The molecule has 0 radical (unpaired) electrons. The third kappa shape index (κ3) is 3.60. The second-order valence-corrected chi connectivity index (χ2v) is 5.30. The van der Waals surface area contributed by atoms with Crippen LogP contribution in [0.3, 0.4) is 0 Å². The fourth-order valence-electron chi connectivity index (χ4n) is 2.49. The molecule has 7 heteroatoms. The fraction of sp³-hybridized carbons (Fsp3) is 0.400. The number of carbonyl (C=O) groups excluding carboxylic acids is 2. The first kappa shape index (κ1) is 15.9. The van der Waals surface area contributed by atoms with Gasteiger partial charge in [0.15, 0.2) is 0 Å². The number of carbonyl (C=O) groups is 3. The number of hydrogen-bond acceptors (Lipinski definition) is 3. The summed E-state index contributed by atoms with van der Waals surface area (Å²) in [7, 11) is 0. The van der Waals surface area contributed by atoms with Crippen molar-refractivity contribution in [2.75, 3.05) is 18.4 Å². The fourth-order valence-corrected chi connectivity index (χ4v) is 2.49. The number of amides is 2. The molecule has 0 aromatic heterocycles. The Morgan fingerprint density at radius 3 is 2.73 bits per heavy atom. The highest BCUT2D eigenvalue weighted by atomic mass is 19.1. The number of halogens is 1. The van der Waals surface area contributed by atoms with Crippen LogP contribution in [0.5, 0.6) is 0 Å². The van der Waals surface area contributed by atoms with Gasteiger partial charge in [-0.15, -0.1) is 0 Å². The first-order valence-corrected chi connectivity index (χ1v) is 6.97. The summed E-state index contributed by atoms with van der Waals surface area (Å²) in [5.74, 6) is -2.93. The molecule has 1 aromatic carbocycles. The van der Waals surface area contributed by atoms with E-state index < -0.39 is 23.6 Å². The average Bonchev–Trinajstić information content (AvgIpc) is 2.48. The molecule has 22 heavy (non-hydrogen) atoms. The summed E-state index contributed by atoms with van der Waals surface area (Å²) in [6.45, 7) is 1.85. The lowest BCUT2D eigenvalue weighted by atomic mass is 9.97. The summed E-state index contributed by atoms with van der Waals surface area (Å²) in [5, 5.41) is 11.4. The van der Waals surface area contributed by atoms with Gasteiger partial charge in [-0.3, -0.25) is 14.4 Å². The van der Waals surface area contributed by atoms with Crippen molar-refractivity contribution in [2.24, 2.45) is 5.92 Å². The lowest BCUT2D eigenvalue weighted by Crippen LogP contribution is -2.42. The molecule has 118 valence electrons. The maximum Gasteiger partial charge on any atom is 0.308 e. The molecule has 0 saturated carbocycles. The van der Waals surface area contributed by atoms with E-state index in [-0.39, 0.29) is 23.7 Å². The van der Waals surface area contributed by atoms with Crippen molar-refractivity contribution in [3.05, 3.63) is 29.6 Å². The van der Waals surface area contributed by atoms with Gasteiger partial charge in [0, 0.05) is 25.6 Å². The third-order valence-corrected chi connectivity index (χ3v) is 3.58. The van der Waals surface area contributed by atoms with Crippen molar-refractivity contribution in [3.63, 3.8) is 0 Å². The Labute approximate surface area is 126 Å². The Morgan fingerprint density at radius 2 is 2.09 bits per heavy atom. The van der Waals surface area contributed by atoms with Gasteiger partial charge in [0.1, 0.15) is 5.82 Å². The second kappa shape index (κ2) is 6.55. The van der Waals surface area contributed by atoms with Crippen LogP contribution in [0.2, 0.25) is 0 Å². The van der Waals surface area contributed by atoms with E-state index in [4.69, 9.17) is 5.11 Å². The average molecular weight is 308 g/mol. The largest absolute Gasteiger partial charge is 0.481 e. The van der Waals surface area contributed by atoms with Crippen molar-refractivity contribution in [3.8, 4) is 0 Å². The summed E-state index contributed by atoms with van der Waals surface area (Å²) in [6, 6.07) is 3.70. The summed E-state index contributed by atoms with van der Waals surface area (Å²) in [6.07, 6.45) is 1.15. The summed E-state index contributed by atoms with van der Waals surface area (Å²) < 4.78 is 13.6. The van der Waals surface area contributed by atoms with Crippen molar-refractivity contribution < 1.29 is 23.9 Å². The lowest BCUT2D eigenvalue weighted by Gasteiger charge is -2.30. The number of nitrogens with zero attached hydrogens (tertiary/aromatic N) is 1. The Morgan fingerprint density at radius 1 is 1.36 bits per heavy atom. The maximum absolute atomic E-state index is 13.6. The van der Waals surface area contributed by atoms with E-state index in [2.05, 4.69) is 5.32 Å². The van der Waals surface area contributed by atoms with E-state index in [1.165, 1.54) is 24.0 Å². The zero-order valence-electron chi connectivity index (χ0n) is 12.1. The predicted molar refractivity (Wildman–Crippen MR) is 77.0 cm³/mol. The van der Waals surface area contributed by atoms with Gasteiger partial charge in [-0.05, 0) is 31.0 Å². The Hall–Kier alpha value is -2.44. The molecule has 2 amide bonds. The molecule has 1 heterocycles. The number of benzene rings is 1. The number of likely N-dealkylation sites (tertiary alicyclic amines) is 1. The molecule has 0 bridgehead atoms. The predicted octanol–water partition coefficient (Wildman–Crippen LogP) is 1.72. The number of aliphatic carboxylic acids is 1. The quantitative estimate of drug-likeness (QED) is 0.890. The number of hydrogen-bond donors (Lipinski definition) is 2. The first-order chi connectivity index (χ1) is 10.4. The van der Waals surface area contributed by atoms with Crippen LogP contribution in [-0.4, -0.2) is 40.9 Å². The number of rotatable bonds is 3. The monoisotopic (exact) mass is 308 g/mol. The Bertz CT molecular complexity index is 618. The molecule has 0 aliphatic carbocycles. The second-order valence-electron chi connectivity index (χ2n) is 5.30. The standard InChI is InChI=1S/C15H17FN2O4/c1-9(19)17-13-7-10(4-5-12(13)16)14(20)18-6-2-3-11(8-18)15(21)22/h4-5,7,11H,2-3,6,8H2,1H3,(H,17,19)(H,21,22). The molecule has 1 aromatic rings. The number of anilines is 1. The van der Waals surface area contributed by atoms with Crippen molar-refractivity contribution in [1.82, 2.24) is 4.90 Å². The molecule has 1 atom stereocenters. The van der Waals surface area contributed by atoms with Gasteiger partial charge in [0.05, 0.1) is 11.6 Å². The smallest absolute Gasteiger partial charge is 0.308 e. The molecule has 2 rings (SSSR count). The van der Waals surface area contributed by atoms with Crippen LogP contribution in [0.25, 0.3) is 0 Å². The maximum atomic E-state index is 13.6.